The summed E-state index contributed by atoms with van der Waals surface area (Å²) in [5, 5.41) is 3.54. The van der Waals surface area contributed by atoms with Gasteiger partial charge in [-0.1, -0.05) is 28.1 Å². The maximum absolute atomic E-state index is 12.6. The molecule has 0 aliphatic carbocycles. The Labute approximate surface area is 142 Å². The van der Waals surface area contributed by atoms with Gasteiger partial charge in [0.25, 0.3) is 5.91 Å². The Kier molecular flexibility index (Phi) is 5.58. The molecular weight excluding hydrogens is 399 g/mol. The third-order valence-corrected chi connectivity index (χ3v) is 5.08. The van der Waals surface area contributed by atoms with Crippen molar-refractivity contribution in [2.75, 3.05) is 5.32 Å². The summed E-state index contributed by atoms with van der Waals surface area (Å²) in [6.07, 6.45) is -2.71. The smallest absolute Gasteiger partial charge is 0.307 e. The fraction of sp³-hybridized carbons (Fsp3) is 0.231. The van der Waals surface area contributed by atoms with Gasteiger partial charge >= 0.3 is 12.2 Å². The van der Waals surface area contributed by atoms with E-state index in [0.717, 1.165) is 12.1 Å². The fourth-order valence-corrected chi connectivity index (χ4v) is 3.53. The Bertz CT molecular complexity index is 639. The van der Waals surface area contributed by atoms with E-state index >= 15 is 0 Å². The molecule has 0 saturated carbocycles. The van der Waals surface area contributed by atoms with Crippen molar-refractivity contribution in [1.29, 1.82) is 0 Å². The van der Waals surface area contributed by atoms with Gasteiger partial charge in [-0.05, 0) is 23.6 Å². The van der Waals surface area contributed by atoms with E-state index in [-0.39, 0.29) is 10.5 Å². The van der Waals surface area contributed by atoms with E-state index in [1.54, 1.807) is 11.5 Å². The van der Waals surface area contributed by atoms with Crippen LogP contribution in [0.3, 0.4) is 0 Å². The van der Waals surface area contributed by atoms with Crippen LogP contribution in [-0.2, 0) is 11.0 Å². The lowest BCUT2D eigenvalue weighted by Gasteiger charge is -2.15. The van der Waals surface area contributed by atoms with Crippen LogP contribution in [0.5, 0.6) is 0 Å². The summed E-state index contributed by atoms with van der Waals surface area (Å²) in [6.45, 7) is 0. The van der Waals surface area contributed by atoms with Crippen LogP contribution in [0.2, 0.25) is 0 Å². The number of hydrazine groups is 1. The minimum atomic E-state index is -4.50. The first-order valence-corrected chi connectivity index (χ1v) is 8.13. The van der Waals surface area contributed by atoms with E-state index in [1.807, 2.05) is 0 Å². The van der Waals surface area contributed by atoms with Crippen LogP contribution in [0.1, 0.15) is 5.56 Å². The standard InChI is InChI=1S/C13H11BrF3N3O2S/c14-9-4-5-23-10(9)11(21)19-20-12(22)18-8-3-1-2-7(6-8)13(15,16)17/h1-6,9-10H,(H,19,21)(H2,18,20,22). The van der Waals surface area contributed by atoms with E-state index in [4.69, 9.17) is 0 Å². The molecule has 1 heterocycles. The number of carbonyl (C=O) groups excluding carboxylic acids is 2. The van der Waals surface area contributed by atoms with Crippen LogP contribution < -0.4 is 16.2 Å². The molecule has 10 heteroatoms. The third kappa shape index (κ3) is 4.90. The summed E-state index contributed by atoms with van der Waals surface area (Å²) in [4.78, 5) is 23.3. The lowest BCUT2D eigenvalue weighted by Crippen LogP contribution is -2.48. The van der Waals surface area contributed by atoms with Gasteiger partial charge in [-0.3, -0.25) is 10.2 Å². The molecule has 3 amide bonds. The summed E-state index contributed by atoms with van der Waals surface area (Å²) in [7, 11) is 0. The second-order valence-electron chi connectivity index (χ2n) is 4.48. The minimum absolute atomic E-state index is 0.0400. The van der Waals surface area contributed by atoms with Gasteiger partial charge in [-0.25, -0.2) is 10.2 Å². The minimum Gasteiger partial charge on any atom is -0.307 e. The number of anilines is 1. The Morgan fingerprint density at radius 3 is 2.57 bits per heavy atom. The van der Waals surface area contributed by atoms with Crippen LogP contribution in [0.15, 0.2) is 35.7 Å². The zero-order chi connectivity index (χ0) is 17.0. The van der Waals surface area contributed by atoms with Crippen molar-refractivity contribution in [3.8, 4) is 0 Å². The highest BCUT2D eigenvalue weighted by atomic mass is 79.9. The molecule has 1 aromatic carbocycles. The predicted octanol–water partition coefficient (Wildman–Crippen LogP) is 3.25. The zero-order valence-electron chi connectivity index (χ0n) is 11.4. The van der Waals surface area contributed by atoms with Gasteiger partial charge in [-0.15, -0.1) is 11.8 Å². The Morgan fingerprint density at radius 1 is 1.22 bits per heavy atom. The maximum Gasteiger partial charge on any atom is 0.416 e. The molecule has 0 saturated heterocycles. The number of thioether (sulfide) groups is 1. The number of hydrogen-bond donors (Lipinski definition) is 3. The van der Waals surface area contributed by atoms with Crippen molar-refractivity contribution in [1.82, 2.24) is 10.9 Å². The van der Waals surface area contributed by atoms with Crippen molar-refractivity contribution < 1.29 is 22.8 Å². The van der Waals surface area contributed by atoms with Crippen molar-refractivity contribution in [3.63, 3.8) is 0 Å². The van der Waals surface area contributed by atoms with E-state index in [9.17, 15) is 22.8 Å². The maximum atomic E-state index is 12.6. The third-order valence-electron chi connectivity index (χ3n) is 2.78. The number of halogens is 4. The molecule has 5 nitrogen and oxygen atoms in total. The van der Waals surface area contributed by atoms with E-state index in [0.29, 0.717) is 0 Å². The molecule has 0 aromatic heterocycles. The molecule has 1 aliphatic heterocycles. The molecule has 2 atom stereocenters. The second kappa shape index (κ2) is 7.26. The number of rotatable bonds is 2. The molecule has 1 aromatic rings. The fourth-order valence-electron chi connectivity index (χ4n) is 1.71. The van der Waals surface area contributed by atoms with Crippen LogP contribution in [-0.4, -0.2) is 22.0 Å². The van der Waals surface area contributed by atoms with Gasteiger partial charge in [-0.2, -0.15) is 13.2 Å². The number of urea groups is 1. The predicted molar refractivity (Wildman–Crippen MR) is 85.0 cm³/mol. The van der Waals surface area contributed by atoms with Gasteiger partial charge in [0.15, 0.2) is 0 Å². The summed E-state index contributed by atoms with van der Waals surface area (Å²) in [5.74, 6) is -0.430. The molecule has 0 fully saturated rings. The van der Waals surface area contributed by atoms with Crippen LogP contribution in [0, 0.1) is 0 Å². The van der Waals surface area contributed by atoms with Crippen molar-refractivity contribution in [3.05, 3.63) is 41.3 Å². The summed E-state index contributed by atoms with van der Waals surface area (Å²) in [5.41, 5.74) is 3.38. The van der Waals surface area contributed by atoms with Gasteiger partial charge in [0.2, 0.25) is 0 Å². The van der Waals surface area contributed by atoms with Gasteiger partial charge in [0.1, 0.15) is 5.25 Å². The summed E-state index contributed by atoms with van der Waals surface area (Å²) in [6, 6.07) is 3.33. The first-order valence-electron chi connectivity index (χ1n) is 6.27. The second-order valence-corrected chi connectivity index (χ2v) is 6.59. The Morgan fingerprint density at radius 2 is 1.96 bits per heavy atom. The molecule has 124 valence electrons. The molecule has 2 unspecified atom stereocenters. The number of alkyl halides is 4. The van der Waals surface area contributed by atoms with Gasteiger partial charge in [0.05, 0.1) is 10.4 Å². The molecule has 23 heavy (non-hydrogen) atoms. The summed E-state index contributed by atoms with van der Waals surface area (Å²) >= 11 is 4.57. The quantitative estimate of drug-likeness (QED) is 0.518. The lowest BCUT2D eigenvalue weighted by atomic mass is 10.2. The average molecular weight is 410 g/mol. The first-order chi connectivity index (χ1) is 10.8. The lowest BCUT2D eigenvalue weighted by molar-refractivity contribution is -0.137. The zero-order valence-corrected chi connectivity index (χ0v) is 13.8. The first kappa shape index (κ1) is 17.7. The molecule has 2 rings (SSSR count). The average Bonchev–Trinajstić information content (AvgIpc) is 2.90. The Hall–Kier alpha value is -1.68. The highest BCUT2D eigenvalue weighted by Crippen LogP contribution is 2.31. The monoisotopic (exact) mass is 409 g/mol. The molecule has 0 bridgehead atoms. The molecule has 0 spiro atoms. The molecular formula is C13H11BrF3N3O2S. The van der Waals surface area contributed by atoms with Gasteiger partial charge in [0, 0.05) is 5.69 Å². The van der Waals surface area contributed by atoms with E-state index < -0.39 is 28.9 Å². The molecule has 1 aliphatic rings. The van der Waals surface area contributed by atoms with Crippen LogP contribution >= 0.6 is 27.7 Å². The number of carbonyl (C=O) groups is 2. The van der Waals surface area contributed by atoms with Crippen molar-refractivity contribution in [2.24, 2.45) is 0 Å². The van der Waals surface area contributed by atoms with E-state index in [1.165, 1.54) is 23.9 Å². The number of nitrogens with one attached hydrogen (secondary N) is 3. The normalized spacial score (nSPS) is 20.2. The van der Waals surface area contributed by atoms with Crippen LogP contribution in [0.25, 0.3) is 0 Å². The highest BCUT2D eigenvalue weighted by molar-refractivity contribution is 9.09. The largest absolute Gasteiger partial charge is 0.416 e. The number of amides is 3. The molecule has 3 N–H and O–H groups in total. The van der Waals surface area contributed by atoms with Crippen molar-refractivity contribution in [2.45, 2.75) is 16.3 Å². The van der Waals surface area contributed by atoms with E-state index in [2.05, 4.69) is 32.1 Å². The number of hydrogen-bond acceptors (Lipinski definition) is 3. The highest BCUT2D eigenvalue weighted by Gasteiger charge is 2.31. The summed E-state index contributed by atoms with van der Waals surface area (Å²) < 4.78 is 37.7. The van der Waals surface area contributed by atoms with Crippen molar-refractivity contribution >= 4 is 45.3 Å². The SMILES string of the molecule is O=C(NNC(=O)C1SC=CC1Br)Nc1cccc(C(F)(F)F)c1. The topological polar surface area (TPSA) is 70.2 Å². The van der Waals surface area contributed by atoms with Gasteiger partial charge < -0.3 is 5.32 Å². The number of benzene rings is 1. The van der Waals surface area contributed by atoms with Crippen LogP contribution in [0.4, 0.5) is 23.7 Å². The molecule has 0 radical (unpaired) electrons. The Balaban J connectivity index is 1.87. The number of allylic oxidation sites excluding steroid dienone is 1.